The van der Waals surface area contributed by atoms with Crippen LogP contribution in [0.25, 0.3) is 0 Å². The van der Waals surface area contributed by atoms with Crippen molar-refractivity contribution in [2.75, 3.05) is 24.7 Å². The summed E-state index contributed by atoms with van der Waals surface area (Å²) in [4.78, 5) is 14.3. The Bertz CT molecular complexity index is 782. The zero-order chi connectivity index (χ0) is 20.1. The third-order valence-corrected chi connectivity index (χ3v) is 6.04. The molecule has 1 aliphatic rings. The van der Waals surface area contributed by atoms with Crippen LogP contribution in [0.2, 0.25) is 0 Å². The fourth-order valence-electron chi connectivity index (χ4n) is 3.08. The van der Waals surface area contributed by atoms with Gasteiger partial charge in [-0.25, -0.2) is 4.68 Å². The zero-order valence-corrected chi connectivity index (χ0v) is 17.6. The highest BCUT2D eigenvalue weighted by Gasteiger charge is 2.21. The Hall–Kier alpha value is -2.22. The van der Waals surface area contributed by atoms with Crippen molar-refractivity contribution in [3.63, 3.8) is 0 Å². The second-order valence-corrected chi connectivity index (χ2v) is 8.58. The maximum absolute atomic E-state index is 12.4. The molecule has 0 radical (unpaired) electrons. The Morgan fingerprint density at radius 1 is 1.25 bits per heavy atom. The smallest absolute Gasteiger partial charge is 0.233 e. The first-order valence-electron chi connectivity index (χ1n) is 9.76. The van der Waals surface area contributed by atoms with Crippen molar-refractivity contribution >= 4 is 17.7 Å². The molecule has 8 heteroatoms. The summed E-state index contributed by atoms with van der Waals surface area (Å²) in [5, 5.41) is 8.71. The van der Waals surface area contributed by atoms with Gasteiger partial charge in [0.25, 0.3) is 0 Å². The van der Waals surface area contributed by atoms with Gasteiger partial charge in [0, 0.05) is 13.1 Å². The number of hydrogen-bond donors (Lipinski definition) is 1. The first-order valence-corrected chi connectivity index (χ1v) is 10.7. The molecule has 1 amide bonds. The fourth-order valence-corrected chi connectivity index (χ4v) is 3.85. The van der Waals surface area contributed by atoms with Gasteiger partial charge in [-0.05, 0) is 42.4 Å². The van der Waals surface area contributed by atoms with E-state index >= 15 is 0 Å². The molecule has 7 nitrogen and oxygen atoms in total. The lowest BCUT2D eigenvalue weighted by Crippen LogP contribution is -2.39. The van der Waals surface area contributed by atoms with Gasteiger partial charge in [0.15, 0.2) is 5.82 Å². The highest BCUT2D eigenvalue weighted by atomic mass is 32.2. The zero-order valence-electron chi connectivity index (χ0n) is 16.8. The van der Waals surface area contributed by atoms with E-state index in [4.69, 9.17) is 10.6 Å². The minimum atomic E-state index is 0.128. The van der Waals surface area contributed by atoms with Gasteiger partial charge in [-0.1, -0.05) is 44.7 Å². The Balaban J connectivity index is 1.50. The molecule has 152 valence electrons. The number of ether oxygens (including phenoxy) is 1. The number of rotatable bonds is 7. The number of nitrogens with zero attached hydrogens (tertiary/aromatic N) is 4. The van der Waals surface area contributed by atoms with Gasteiger partial charge in [0.2, 0.25) is 11.1 Å². The second-order valence-electron chi connectivity index (χ2n) is 7.63. The van der Waals surface area contributed by atoms with Crippen molar-refractivity contribution in [1.29, 1.82) is 0 Å². The Morgan fingerprint density at radius 3 is 2.57 bits per heavy atom. The Labute approximate surface area is 170 Å². The molecular formula is C20H29N5O2S. The van der Waals surface area contributed by atoms with Gasteiger partial charge in [0.1, 0.15) is 12.4 Å². The normalized spacial score (nSPS) is 15.2. The molecule has 0 atom stereocenters. The van der Waals surface area contributed by atoms with Crippen molar-refractivity contribution in [3.05, 3.63) is 35.7 Å². The molecule has 2 aromatic rings. The van der Waals surface area contributed by atoms with Crippen LogP contribution < -0.4 is 10.6 Å². The van der Waals surface area contributed by atoms with Crippen LogP contribution >= 0.6 is 11.8 Å². The lowest BCUT2D eigenvalue weighted by molar-refractivity contribution is -0.129. The summed E-state index contributed by atoms with van der Waals surface area (Å²) in [7, 11) is 0. The number of aromatic nitrogens is 3. The monoisotopic (exact) mass is 403 g/mol. The number of thioether (sulfide) groups is 1. The second kappa shape index (κ2) is 9.32. The van der Waals surface area contributed by atoms with Crippen LogP contribution in [0.3, 0.4) is 0 Å². The molecule has 1 fully saturated rings. The molecule has 2 heterocycles. The summed E-state index contributed by atoms with van der Waals surface area (Å²) in [5.74, 6) is 9.00. The number of amides is 1. The Kier molecular flexibility index (Phi) is 6.83. The molecule has 3 rings (SSSR count). The third-order valence-electron chi connectivity index (χ3n) is 5.11. The SMILES string of the molecule is CC1CCN(C(=O)CSc2nnc(COc3ccc(C(C)C)cc3)n2N)CC1. The van der Waals surface area contributed by atoms with Crippen LogP contribution in [0.4, 0.5) is 0 Å². The molecule has 0 aliphatic carbocycles. The van der Waals surface area contributed by atoms with Gasteiger partial charge in [-0.3, -0.25) is 4.79 Å². The van der Waals surface area contributed by atoms with Crippen molar-refractivity contribution < 1.29 is 9.53 Å². The fraction of sp³-hybridized carbons (Fsp3) is 0.550. The number of nitrogens with two attached hydrogens (primary N) is 1. The molecule has 0 saturated carbocycles. The quantitative estimate of drug-likeness (QED) is 0.565. The number of likely N-dealkylation sites (tertiary alicyclic amines) is 1. The van der Waals surface area contributed by atoms with E-state index in [-0.39, 0.29) is 12.5 Å². The summed E-state index contributed by atoms with van der Waals surface area (Å²) < 4.78 is 7.17. The van der Waals surface area contributed by atoms with E-state index in [0.717, 1.165) is 31.7 Å². The molecule has 28 heavy (non-hydrogen) atoms. The van der Waals surface area contributed by atoms with Crippen LogP contribution in [0.15, 0.2) is 29.4 Å². The topological polar surface area (TPSA) is 86.3 Å². The van der Waals surface area contributed by atoms with E-state index in [1.165, 1.54) is 22.0 Å². The van der Waals surface area contributed by atoms with Crippen molar-refractivity contribution in [2.24, 2.45) is 5.92 Å². The molecule has 0 spiro atoms. The molecule has 0 unspecified atom stereocenters. The average molecular weight is 404 g/mol. The van der Waals surface area contributed by atoms with E-state index in [2.05, 4.69) is 43.1 Å². The summed E-state index contributed by atoms with van der Waals surface area (Å²) in [5.41, 5.74) is 1.26. The number of piperidine rings is 1. The minimum absolute atomic E-state index is 0.128. The third kappa shape index (κ3) is 5.19. The lowest BCUT2D eigenvalue weighted by atomic mass is 9.99. The first kappa shape index (κ1) is 20.5. The summed E-state index contributed by atoms with van der Waals surface area (Å²) in [6.45, 7) is 8.44. The number of hydrogen-bond acceptors (Lipinski definition) is 6. The molecular weight excluding hydrogens is 374 g/mol. The van der Waals surface area contributed by atoms with Crippen LogP contribution in [-0.2, 0) is 11.4 Å². The largest absolute Gasteiger partial charge is 0.486 e. The predicted molar refractivity (Wildman–Crippen MR) is 111 cm³/mol. The van der Waals surface area contributed by atoms with E-state index < -0.39 is 0 Å². The van der Waals surface area contributed by atoms with Gasteiger partial charge in [0.05, 0.1) is 5.75 Å². The van der Waals surface area contributed by atoms with Gasteiger partial charge in [-0.15, -0.1) is 10.2 Å². The minimum Gasteiger partial charge on any atom is -0.486 e. The number of nitrogen functional groups attached to an aromatic ring is 1. The van der Waals surface area contributed by atoms with Gasteiger partial charge >= 0.3 is 0 Å². The summed E-state index contributed by atoms with van der Waals surface area (Å²) >= 11 is 1.31. The van der Waals surface area contributed by atoms with Crippen LogP contribution in [0.5, 0.6) is 5.75 Å². The van der Waals surface area contributed by atoms with Crippen molar-refractivity contribution in [3.8, 4) is 5.75 Å². The maximum atomic E-state index is 12.4. The molecule has 2 N–H and O–H groups in total. The molecule has 1 aromatic carbocycles. The maximum Gasteiger partial charge on any atom is 0.233 e. The van der Waals surface area contributed by atoms with Crippen LogP contribution in [-0.4, -0.2) is 44.5 Å². The van der Waals surface area contributed by atoms with Crippen molar-refractivity contribution in [2.45, 2.75) is 51.3 Å². The first-order chi connectivity index (χ1) is 13.4. The molecule has 1 aliphatic heterocycles. The van der Waals surface area contributed by atoms with Gasteiger partial charge < -0.3 is 15.5 Å². The van der Waals surface area contributed by atoms with E-state index in [1.54, 1.807) is 0 Å². The van der Waals surface area contributed by atoms with Crippen LogP contribution in [0.1, 0.15) is 50.9 Å². The van der Waals surface area contributed by atoms with Crippen LogP contribution in [0, 0.1) is 5.92 Å². The van der Waals surface area contributed by atoms with E-state index in [9.17, 15) is 4.79 Å². The molecule has 1 aromatic heterocycles. The van der Waals surface area contributed by atoms with Crippen molar-refractivity contribution in [1.82, 2.24) is 19.8 Å². The predicted octanol–water partition coefficient (Wildman–Crippen LogP) is 3.04. The van der Waals surface area contributed by atoms with E-state index in [0.29, 0.717) is 28.6 Å². The summed E-state index contributed by atoms with van der Waals surface area (Å²) in [6.07, 6.45) is 2.15. The number of benzene rings is 1. The lowest BCUT2D eigenvalue weighted by Gasteiger charge is -2.30. The molecule has 1 saturated heterocycles. The highest BCUT2D eigenvalue weighted by Crippen LogP contribution is 2.21. The van der Waals surface area contributed by atoms with E-state index in [1.807, 2.05) is 17.0 Å². The number of carbonyl (C=O) groups excluding carboxylic acids is 1. The molecule has 0 bridgehead atoms. The van der Waals surface area contributed by atoms with Gasteiger partial charge in [-0.2, -0.15) is 0 Å². The highest BCUT2D eigenvalue weighted by molar-refractivity contribution is 7.99. The Morgan fingerprint density at radius 2 is 1.93 bits per heavy atom. The number of carbonyl (C=O) groups is 1. The standard InChI is InChI=1S/C20H29N5O2S/c1-14(2)16-4-6-17(7-5-16)27-12-18-22-23-20(25(18)21)28-13-19(26)24-10-8-15(3)9-11-24/h4-7,14-15H,8-13,21H2,1-3H3. The average Bonchev–Trinajstić information content (AvgIpc) is 3.05. The summed E-state index contributed by atoms with van der Waals surface area (Å²) in [6, 6.07) is 8.00.